The van der Waals surface area contributed by atoms with Crippen LogP contribution >= 0.6 is 0 Å². The second-order valence-electron chi connectivity index (χ2n) is 8.98. The molecular formula is C25H28F3N5O. The third-order valence-electron chi connectivity index (χ3n) is 6.56. The summed E-state index contributed by atoms with van der Waals surface area (Å²) in [6.07, 6.45) is 8.96. The molecule has 6 nitrogen and oxygen atoms in total. The Kier molecular flexibility index (Phi) is 6.98. The molecule has 2 aliphatic rings. The lowest BCUT2D eigenvalue weighted by molar-refractivity contribution is -0.137. The van der Waals surface area contributed by atoms with E-state index in [0.717, 1.165) is 56.5 Å². The summed E-state index contributed by atoms with van der Waals surface area (Å²) in [5.74, 6) is 2.05. The number of hydrogen-bond acceptors (Lipinski definition) is 4. The molecule has 2 N–H and O–H groups in total. The monoisotopic (exact) mass is 471 g/mol. The van der Waals surface area contributed by atoms with Gasteiger partial charge in [-0.25, -0.2) is 0 Å². The zero-order valence-corrected chi connectivity index (χ0v) is 18.8. The van der Waals surface area contributed by atoms with Gasteiger partial charge in [0.25, 0.3) is 5.91 Å². The van der Waals surface area contributed by atoms with E-state index in [-0.39, 0.29) is 18.2 Å². The summed E-state index contributed by atoms with van der Waals surface area (Å²) in [5.41, 5.74) is 0.572. The molecule has 9 heteroatoms. The molecule has 0 atom stereocenters. The maximum Gasteiger partial charge on any atom is 0.416 e. The molecule has 1 aromatic carbocycles. The average Bonchev–Trinajstić information content (AvgIpc) is 3.28. The highest BCUT2D eigenvalue weighted by atomic mass is 19.4. The van der Waals surface area contributed by atoms with Crippen LogP contribution in [0.25, 0.3) is 0 Å². The SMILES string of the molecule is C#Cc1cnn(C2CCC(N3CC(NC(=C)CNC(=O)c4cccc(C(F)(F)F)c4)C3)CC2)c1. The molecular weight excluding hydrogens is 443 g/mol. The topological polar surface area (TPSA) is 62.2 Å². The quantitative estimate of drug-likeness (QED) is 0.606. The van der Waals surface area contributed by atoms with Crippen molar-refractivity contribution >= 4 is 5.91 Å². The van der Waals surface area contributed by atoms with E-state index in [0.29, 0.717) is 17.8 Å². The molecule has 2 fully saturated rings. The zero-order chi connectivity index (χ0) is 24.3. The zero-order valence-electron chi connectivity index (χ0n) is 18.8. The molecule has 1 aliphatic carbocycles. The van der Waals surface area contributed by atoms with E-state index >= 15 is 0 Å². The standard InChI is InChI=1S/C25H28F3N5O/c1-3-18-13-30-33(14-18)23-9-7-22(8-10-23)32-15-21(16-32)31-17(2)12-29-24(34)19-5-4-6-20(11-19)25(26,27)28/h1,4-6,11,13-14,21-23,31H,2,7-10,12,15-16H2,(H,29,34). The Labute approximate surface area is 197 Å². The Bertz CT molecular complexity index is 1070. The second-order valence-corrected chi connectivity index (χ2v) is 8.98. The van der Waals surface area contributed by atoms with Crippen LogP contribution < -0.4 is 10.6 Å². The van der Waals surface area contributed by atoms with Gasteiger partial charge in [-0.15, -0.1) is 6.42 Å². The van der Waals surface area contributed by atoms with Gasteiger partial charge in [0.1, 0.15) is 0 Å². The van der Waals surface area contributed by atoms with E-state index in [1.165, 1.54) is 12.1 Å². The fourth-order valence-electron chi connectivity index (χ4n) is 4.67. The number of rotatable bonds is 7. The molecule has 2 heterocycles. The number of carbonyl (C=O) groups excluding carboxylic acids is 1. The Morgan fingerprint density at radius 2 is 1.91 bits per heavy atom. The van der Waals surface area contributed by atoms with Gasteiger partial charge in [-0.2, -0.15) is 18.3 Å². The number of carbonyl (C=O) groups is 1. The number of hydrogen-bond donors (Lipinski definition) is 2. The van der Waals surface area contributed by atoms with Crippen molar-refractivity contribution in [2.45, 2.75) is 50.0 Å². The summed E-state index contributed by atoms with van der Waals surface area (Å²) in [5, 5.41) is 10.3. The minimum absolute atomic E-state index is 0.0290. The molecule has 0 radical (unpaired) electrons. The maximum absolute atomic E-state index is 12.8. The first kappa shape index (κ1) is 23.9. The van der Waals surface area contributed by atoms with Crippen LogP contribution in [0.4, 0.5) is 13.2 Å². The number of nitrogens with zero attached hydrogens (tertiary/aromatic N) is 3. The van der Waals surface area contributed by atoms with Gasteiger partial charge in [-0.05, 0) is 43.9 Å². The number of alkyl halides is 3. The number of nitrogens with one attached hydrogen (secondary N) is 2. The fourth-order valence-corrected chi connectivity index (χ4v) is 4.67. The van der Waals surface area contributed by atoms with Crippen LogP contribution in [0, 0.1) is 12.3 Å². The van der Waals surface area contributed by atoms with Crippen molar-refractivity contribution in [1.82, 2.24) is 25.3 Å². The molecule has 1 amide bonds. The highest BCUT2D eigenvalue weighted by Gasteiger charge is 2.35. The lowest BCUT2D eigenvalue weighted by atomic mass is 9.88. The summed E-state index contributed by atoms with van der Waals surface area (Å²) in [6.45, 7) is 5.90. The Morgan fingerprint density at radius 3 is 2.56 bits per heavy atom. The lowest BCUT2D eigenvalue weighted by Gasteiger charge is -2.47. The molecule has 0 unspecified atom stereocenters. The third kappa shape index (κ3) is 5.62. The van der Waals surface area contributed by atoms with Crippen LogP contribution in [0.5, 0.6) is 0 Å². The Hall–Kier alpha value is -3.25. The number of terminal acetylenes is 1. The number of halogens is 3. The van der Waals surface area contributed by atoms with Crippen LogP contribution in [0.15, 0.2) is 48.9 Å². The van der Waals surface area contributed by atoms with Crippen molar-refractivity contribution in [2.24, 2.45) is 0 Å². The van der Waals surface area contributed by atoms with Gasteiger partial charge in [0.15, 0.2) is 0 Å². The van der Waals surface area contributed by atoms with E-state index in [1.54, 1.807) is 6.20 Å². The molecule has 1 saturated carbocycles. The highest BCUT2D eigenvalue weighted by molar-refractivity contribution is 5.94. The van der Waals surface area contributed by atoms with Gasteiger partial charge in [-0.1, -0.05) is 18.6 Å². The fraction of sp³-hybridized carbons (Fsp3) is 0.440. The molecule has 4 rings (SSSR count). The molecule has 0 spiro atoms. The highest BCUT2D eigenvalue weighted by Crippen LogP contribution is 2.33. The lowest BCUT2D eigenvalue weighted by Crippen LogP contribution is -2.61. The smallest absolute Gasteiger partial charge is 0.382 e. The Morgan fingerprint density at radius 1 is 1.21 bits per heavy atom. The first-order valence-corrected chi connectivity index (χ1v) is 11.4. The predicted molar refractivity (Wildman–Crippen MR) is 123 cm³/mol. The van der Waals surface area contributed by atoms with Crippen molar-refractivity contribution in [3.05, 3.63) is 65.6 Å². The van der Waals surface area contributed by atoms with Gasteiger partial charge in [0, 0.05) is 36.6 Å². The molecule has 34 heavy (non-hydrogen) atoms. The van der Waals surface area contributed by atoms with E-state index in [4.69, 9.17) is 6.42 Å². The van der Waals surface area contributed by atoms with Crippen LogP contribution in [0.2, 0.25) is 0 Å². The van der Waals surface area contributed by atoms with Crippen molar-refractivity contribution in [1.29, 1.82) is 0 Å². The summed E-state index contributed by atoms with van der Waals surface area (Å²) in [4.78, 5) is 14.7. The first-order chi connectivity index (χ1) is 16.2. The first-order valence-electron chi connectivity index (χ1n) is 11.4. The predicted octanol–water partition coefficient (Wildman–Crippen LogP) is 3.58. The molecule has 1 aliphatic heterocycles. The number of amides is 1. The second kappa shape index (κ2) is 9.94. The van der Waals surface area contributed by atoms with Crippen molar-refractivity contribution in [3.63, 3.8) is 0 Å². The van der Waals surface area contributed by atoms with Crippen LogP contribution in [-0.4, -0.2) is 52.3 Å². The average molecular weight is 472 g/mol. The van der Waals surface area contributed by atoms with Crippen LogP contribution in [0.3, 0.4) is 0 Å². The molecule has 2 aromatic rings. The van der Waals surface area contributed by atoms with E-state index in [9.17, 15) is 18.0 Å². The summed E-state index contributed by atoms with van der Waals surface area (Å²) in [6, 6.07) is 5.58. The molecule has 1 saturated heterocycles. The van der Waals surface area contributed by atoms with Gasteiger partial charge in [0.05, 0.1) is 36.0 Å². The van der Waals surface area contributed by atoms with E-state index < -0.39 is 17.6 Å². The summed E-state index contributed by atoms with van der Waals surface area (Å²) >= 11 is 0. The van der Waals surface area contributed by atoms with Crippen molar-refractivity contribution in [2.75, 3.05) is 19.6 Å². The van der Waals surface area contributed by atoms with E-state index in [2.05, 4.69) is 33.1 Å². The van der Waals surface area contributed by atoms with Gasteiger partial charge >= 0.3 is 6.18 Å². The van der Waals surface area contributed by atoms with Gasteiger partial charge in [0.2, 0.25) is 0 Å². The van der Waals surface area contributed by atoms with Crippen molar-refractivity contribution in [3.8, 4) is 12.3 Å². The molecule has 1 aromatic heterocycles. The molecule has 180 valence electrons. The number of aromatic nitrogens is 2. The van der Waals surface area contributed by atoms with Gasteiger partial charge in [-0.3, -0.25) is 14.4 Å². The minimum Gasteiger partial charge on any atom is -0.382 e. The largest absolute Gasteiger partial charge is 0.416 e. The normalized spacial score (nSPS) is 21.4. The van der Waals surface area contributed by atoms with Gasteiger partial charge < -0.3 is 10.6 Å². The number of benzene rings is 1. The van der Waals surface area contributed by atoms with Crippen molar-refractivity contribution < 1.29 is 18.0 Å². The van der Waals surface area contributed by atoms with Crippen LogP contribution in [-0.2, 0) is 6.18 Å². The summed E-state index contributed by atoms with van der Waals surface area (Å²) < 4.78 is 40.5. The van der Waals surface area contributed by atoms with E-state index in [1.807, 2.05) is 10.9 Å². The minimum atomic E-state index is -4.48. The number of likely N-dealkylation sites (tertiary alicyclic amines) is 1. The van der Waals surface area contributed by atoms with Crippen LogP contribution in [0.1, 0.15) is 53.2 Å². The maximum atomic E-state index is 12.8. The molecule has 0 bridgehead atoms. The summed E-state index contributed by atoms with van der Waals surface area (Å²) in [7, 11) is 0. The third-order valence-corrected chi connectivity index (χ3v) is 6.56. The Balaban J connectivity index is 1.16.